The number of hydrogen-bond donors (Lipinski definition) is 2. The minimum Gasteiger partial charge on any atom is -1.00 e. The number of aliphatic hydroxyl groups is 2. The van der Waals surface area contributed by atoms with Crippen LogP contribution in [0.2, 0.25) is 0 Å². The van der Waals surface area contributed by atoms with Crippen LogP contribution in [0.3, 0.4) is 0 Å². The summed E-state index contributed by atoms with van der Waals surface area (Å²) in [5.74, 6) is 0. The second kappa shape index (κ2) is 16.4. The van der Waals surface area contributed by atoms with Crippen LogP contribution in [0.5, 0.6) is 0 Å². The zero-order valence-electron chi connectivity index (χ0n) is 23.6. The average molecular weight is 556 g/mol. The average Bonchev–Trinajstić information content (AvgIpc) is 2.86. The molecule has 3 aliphatic heterocycles. The molecule has 3 heterocycles. The second-order valence-electron chi connectivity index (χ2n) is 11.4. The fourth-order valence-corrected chi connectivity index (χ4v) is 6.46. The van der Waals surface area contributed by atoms with Gasteiger partial charge in [0.15, 0.2) is 0 Å². The molecule has 8 nitrogen and oxygen atoms in total. The molecule has 10 heteroatoms. The fraction of sp³-hybridized carbons (Fsp3) is 1.00. The molecule has 36 heavy (non-hydrogen) atoms. The summed E-state index contributed by atoms with van der Waals surface area (Å²) >= 11 is 0. The van der Waals surface area contributed by atoms with Crippen molar-refractivity contribution < 1.29 is 44.0 Å². The van der Waals surface area contributed by atoms with Gasteiger partial charge >= 0.3 is 0 Å². The van der Waals surface area contributed by atoms with Crippen LogP contribution in [0.1, 0.15) is 27.7 Å². The molecule has 0 aliphatic carbocycles. The van der Waals surface area contributed by atoms with Crippen molar-refractivity contribution in [3.8, 4) is 0 Å². The van der Waals surface area contributed by atoms with Crippen molar-refractivity contribution in [1.29, 1.82) is 0 Å². The van der Waals surface area contributed by atoms with E-state index in [2.05, 4.69) is 47.3 Å². The quantitative estimate of drug-likeness (QED) is 0.234. The van der Waals surface area contributed by atoms with E-state index >= 15 is 0 Å². The predicted molar refractivity (Wildman–Crippen MR) is 140 cm³/mol. The van der Waals surface area contributed by atoms with E-state index in [1.165, 1.54) is 61.3 Å². The van der Waals surface area contributed by atoms with Gasteiger partial charge in [0.2, 0.25) is 0 Å². The molecular formula is C26H56Cl2N6O2. The van der Waals surface area contributed by atoms with Crippen LogP contribution >= 0.6 is 0 Å². The summed E-state index contributed by atoms with van der Waals surface area (Å²) in [4.78, 5) is 9.64. The smallest absolute Gasteiger partial charge is 0.129 e. The molecular weight excluding hydrogens is 499 g/mol. The van der Waals surface area contributed by atoms with Gasteiger partial charge in [0.05, 0.1) is 38.4 Å². The van der Waals surface area contributed by atoms with Gasteiger partial charge in [0.1, 0.15) is 26.2 Å². The summed E-state index contributed by atoms with van der Waals surface area (Å²) in [7, 11) is 0. The fourth-order valence-electron chi connectivity index (χ4n) is 6.46. The number of quaternary nitrogens is 2. The number of hydrogen-bond acceptors (Lipinski definition) is 6. The van der Waals surface area contributed by atoms with E-state index < -0.39 is 0 Å². The predicted octanol–water partition coefficient (Wildman–Crippen LogP) is -6.32. The number of halogens is 2. The maximum atomic E-state index is 10.5. The van der Waals surface area contributed by atoms with Gasteiger partial charge in [-0.05, 0) is 26.2 Å². The molecule has 0 bridgehead atoms. The Hall–Kier alpha value is 0.260. The molecule has 0 saturated carbocycles. The minimum atomic E-state index is -0.233. The van der Waals surface area contributed by atoms with E-state index in [1.807, 2.05) is 0 Å². The van der Waals surface area contributed by atoms with E-state index in [-0.39, 0.29) is 37.0 Å². The highest BCUT2D eigenvalue weighted by Crippen LogP contribution is 2.24. The Morgan fingerprint density at radius 3 is 1.08 bits per heavy atom. The first-order valence-corrected chi connectivity index (χ1v) is 14.3. The van der Waals surface area contributed by atoms with E-state index in [1.54, 1.807) is 0 Å². The lowest BCUT2D eigenvalue weighted by Gasteiger charge is -2.54. The van der Waals surface area contributed by atoms with Gasteiger partial charge in [0.25, 0.3) is 0 Å². The molecule has 0 radical (unpaired) electrons. The summed E-state index contributed by atoms with van der Waals surface area (Å²) in [6.45, 7) is 30.8. The van der Waals surface area contributed by atoms with Gasteiger partial charge in [-0.1, -0.05) is 27.7 Å². The van der Waals surface area contributed by atoms with Crippen molar-refractivity contribution in [1.82, 2.24) is 19.6 Å². The third-order valence-corrected chi connectivity index (χ3v) is 9.32. The van der Waals surface area contributed by atoms with Gasteiger partial charge < -0.3 is 53.8 Å². The van der Waals surface area contributed by atoms with Gasteiger partial charge in [-0.25, -0.2) is 0 Å². The number of nitrogens with zero attached hydrogens (tertiary/aromatic N) is 6. The third kappa shape index (κ3) is 9.78. The standard InChI is InChI=1S/C26H56N6O2.2ClH/c1-5-27(6-2)21-25(33)23-29-9-13-31(14-10-29)17-19-32(20-18-31)15-11-30(12-16-32)24-26(34)22-28(7-3)8-4;;/h25-26,33-34H,5-24H2,1-4H3;2*1H/q+2;;/p-2. The van der Waals surface area contributed by atoms with Crippen LogP contribution < -0.4 is 24.8 Å². The van der Waals surface area contributed by atoms with Crippen LogP contribution in [0.15, 0.2) is 0 Å². The molecule has 2 N–H and O–H groups in total. The lowest BCUT2D eigenvalue weighted by atomic mass is 10.1. The molecule has 0 aromatic carbocycles. The van der Waals surface area contributed by atoms with Gasteiger partial charge in [-0.3, -0.25) is 9.80 Å². The molecule has 0 aromatic rings. The molecule has 2 unspecified atom stereocenters. The van der Waals surface area contributed by atoms with Gasteiger partial charge in [-0.2, -0.15) is 0 Å². The second-order valence-corrected chi connectivity index (χ2v) is 11.4. The molecule has 3 aliphatic rings. The minimum absolute atomic E-state index is 0. The van der Waals surface area contributed by atoms with Crippen molar-refractivity contribution in [3.63, 3.8) is 0 Å². The maximum absolute atomic E-state index is 10.5. The lowest BCUT2D eigenvalue weighted by Crippen LogP contribution is -3.00. The summed E-state index contributed by atoms with van der Waals surface area (Å²) in [5.41, 5.74) is 0. The summed E-state index contributed by atoms with van der Waals surface area (Å²) in [6, 6.07) is 0. The molecule has 3 saturated heterocycles. The molecule has 0 aromatic heterocycles. The number of piperazine rings is 3. The van der Waals surface area contributed by atoms with Crippen molar-refractivity contribution in [2.24, 2.45) is 0 Å². The molecule has 3 rings (SSSR count). The number of aliphatic hydroxyl groups excluding tert-OH is 2. The highest BCUT2D eigenvalue weighted by atomic mass is 35.5. The molecule has 2 spiro atoms. The van der Waals surface area contributed by atoms with E-state index in [4.69, 9.17) is 0 Å². The Balaban J connectivity index is 0.00000324. The van der Waals surface area contributed by atoms with Crippen LogP contribution in [-0.2, 0) is 0 Å². The summed E-state index contributed by atoms with van der Waals surface area (Å²) in [6.07, 6.45) is -0.466. The SMILES string of the molecule is CCN(CC)CC(O)CN1CC[N+]2(CC1)CC[N+]1(CCN(CC(O)CN(CC)CC)CC1)CC2.[Cl-].[Cl-]. The summed E-state index contributed by atoms with van der Waals surface area (Å²) < 4.78 is 2.60. The van der Waals surface area contributed by atoms with Crippen LogP contribution in [0, 0.1) is 0 Å². The van der Waals surface area contributed by atoms with Crippen LogP contribution in [-0.4, -0.2) is 182 Å². The highest BCUT2D eigenvalue weighted by molar-refractivity contribution is 4.75. The Labute approximate surface area is 234 Å². The molecule has 216 valence electrons. The Morgan fingerprint density at radius 1 is 0.556 bits per heavy atom. The monoisotopic (exact) mass is 554 g/mol. The largest absolute Gasteiger partial charge is 1.00 e. The first-order valence-electron chi connectivity index (χ1n) is 14.3. The lowest BCUT2D eigenvalue weighted by molar-refractivity contribution is -1.03. The van der Waals surface area contributed by atoms with Crippen molar-refractivity contribution in [2.75, 3.05) is 131 Å². The molecule has 3 fully saturated rings. The first kappa shape index (κ1) is 34.3. The van der Waals surface area contributed by atoms with Crippen LogP contribution in [0.25, 0.3) is 0 Å². The van der Waals surface area contributed by atoms with Crippen LogP contribution in [0.4, 0.5) is 0 Å². The third-order valence-electron chi connectivity index (χ3n) is 9.32. The Bertz CT molecular complexity index is 519. The zero-order valence-corrected chi connectivity index (χ0v) is 25.1. The topological polar surface area (TPSA) is 53.4 Å². The normalized spacial score (nSPS) is 24.0. The number of likely N-dealkylation sites (N-methyl/N-ethyl adjacent to an activating group) is 2. The van der Waals surface area contributed by atoms with Gasteiger partial charge in [-0.15, -0.1) is 0 Å². The zero-order chi connectivity index (χ0) is 24.6. The van der Waals surface area contributed by atoms with E-state index in [9.17, 15) is 10.2 Å². The van der Waals surface area contributed by atoms with Gasteiger partial charge in [0, 0.05) is 52.4 Å². The molecule has 0 amide bonds. The van der Waals surface area contributed by atoms with Crippen molar-refractivity contribution in [2.45, 2.75) is 39.9 Å². The van der Waals surface area contributed by atoms with Crippen molar-refractivity contribution in [3.05, 3.63) is 0 Å². The maximum Gasteiger partial charge on any atom is 0.129 e. The Kier molecular flexibility index (Phi) is 15.6. The summed E-state index contributed by atoms with van der Waals surface area (Å²) in [5, 5.41) is 21.1. The van der Waals surface area contributed by atoms with Crippen molar-refractivity contribution >= 4 is 0 Å². The highest BCUT2D eigenvalue weighted by Gasteiger charge is 2.45. The molecule has 2 atom stereocenters. The number of β-amino-alcohol motifs (C(OH)–C–C–N with tert-alkyl or cyclic N) is 2. The first-order chi connectivity index (χ1) is 16.3. The Morgan fingerprint density at radius 2 is 0.833 bits per heavy atom. The van der Waals surface area contributed by atoms with E-state index in [0.29, 0.717) is 0 Å². The van der Waals surface area contributed by atoms with E-state index in [0.717, 1.165) is 78.5 Å². The number of rotatable bonds is 12.